The van der Waals surface area contributed by atoms with Crippen LogP contribution in [0.1, 0.15) is 48.2 Å². The fourth-order valence-electron chi connectivity index (χ4n) is 8.35. The molecule has 8 rings (SSSR count). The maximum Gasteiger partial charge on any atom is 0.305 e. The van der Waals surface area contributed by atoms with Gasteiger partial charge in [-0.25, -0.2) is 28.4 Å². The van der Waals surface area contributed by atoms with Crippen molar-refractivity contribution in [2.45, 2.75) is 60.7 Å². The number of nitrogens with zero attached hydrogens (tertiary/aromatic N) is 6. The number of piperidine rings is 2. The number of rotatable bonds is 8. The van der Waals surface area contributed by atoms with Gasteiger partial charge in [0, 0.05) is 69.2 Å². The number of ether oxygens (including phenoxy) is 2. The van der Waals surface area contributed by atoms with E-state index in [0.717, 1.165) is 19.3 Å². The molecular weight excluding hydrogens is 705 g/mol. The Morgan fingerprint density at radius 2 is 1.18 bits per heavy atom. The van der Waals surface area contributed by atoms with E-state index in [9.17, 15) is 35.6 Å². The molecule has 4 aliphatic carbocycles. The van der Waals surface area contributed by atoms with Gasteiger partial charge in [0.2, 0.25) is 15.0 Å². The van der Waals surface area contributed by atoms with Crippen molar-refractivity contribution in [3.63, 3.8) is 0 Å². The number of alkyl halides is 4. The minimum absolute atomic E-state index is 0.0939. The van der Waals surface area contributed by atoms with Gasteiger partial charge in [-0.2, -0.15) is 17.6 Å². The molecule has 2 saturated heterocycles. The van der Waals surface area contributed by atoms with Gasteiger partial charge in [-0.1, -0.05) is 11.8 Å². The average Bonchev–Trinajstić information content (AvgIpc) is 3.52. The number of halogens is 4. The molecule has 2 unspecified atom stereocenters. The lowest BCUT2D eigenvalue weighted by Gasteiger charge is -2.24. The van der Waals surface area contributed by atoms with Crippen molar-refractivity contribution in [3.05, 3.63) is 22.5 Å². The largest absolute Gasteiger partial charge is 0.469 e. The fraction of sp³-hybridized carbons (Fsp3) is 0.688. The van der Waals surface area contributed by atoms with Crippen LogP contribution in [0.2, 0.25) is 0 Å². The van der Waals surface area contributed by atoms with Gasteiger partial charge < -0.3 is 19.3 Å². The number of hydrogen-bond acceptors (Lipinski definition) is 13. The van der Waals surface area contributed by atoms with Crippen LogP contribution in [0.5, 0.6) is 0 Å². The standard InChI is InChI=1S/C16H19F2N3O4S.C16H19F2N3O2S/c1-25-12(22)5-9-10-6-21(7-11(9)10)14-8-3-4-16(17,18)13(8)19-15(20-14)26(2,23)24;1-23-12(22)5-9-10-6-21(7-11(9)10)14-8-3-4-16(17,18)13(8)19-15(20-14)24-2/h9-11H,3-7H2,1-2H3;9-11H,3-7H2,1-2H3/t2*9?,10-,11+. The predicted octanol–water partition coefficient (Wildman–Crippen LogP) is 3.65. The molecule has 6 atom stereocenters. The molecule has 0 N–H and O–H groups in total. The molecule has 2 aromatic heterocycles. The quantitative estimate of drug-likeness (QED) is 0.168. The van der Waals surface area contributed by atoms with Crippen molar-refractivity contribution in [1.29, 1.82) is 0 Å². The van der Waals surface area contributed by atoms with Crippen molar-refractivity contribution in [3.8, 4) is 0 Å². The summed E-state index contributed by atoms with van der Waals surface area (Å²) in [6.45, 7) is 2.69. The topological polar surface area (TPSA) is 145 Å². The molecule has 6 aliphatic rings. The normalized spacial score (nSPS) is 29.0. The monoisotopic (exact) mass is 742 g/mol. The molecule has 0 bridgehead atoms. The van der Waals surface area contributed by atoms with Crippen LogP contribution >= 0.6 is 11.8 Å². The van der Waals surface area contributed by atoms with E-state index in [1.54, 1.807) is 6.26 Å². The molecule has 0 radical (unpaired) electrons. The number of anilines is 2. The molecule has 4 fully saturated rings. The SMILES string of the molecule is COC(=O)CC1[C@H]2CN(c3nc(S(C)(=O)=O)nc4c3CCC4(F)F)C[C@@H]12.COC(=O)CC1[C@H]2CN(c3nc(SC)nc4c3CCC4(F)F)C[C@@H]12. The zero-order valence-electron chi connectivity index (χ0n) is 28.0. The van der Waals surface area contributed by atoms with E-state index >= 15 is 0 Å². The molecule has 50 heavy (non-hydrogen) atoms. The second-order valence-electron chi connectivity index (χ2n) is 14.1. The van der Waals surface area contributed by atoms with Gasteiger partial charge in [0.05, 0.1) is 14.2 Å². The van der Waals surface area contributed by atoms with Gasteiger partial charge in [0.1, 0.15) is 23.0 Å². The highest BCUT2D eigenvalue weighted by Crippen LogP contribution is 2.57. The van der Waals surface area contributed by atoms with Gasteiger partial charge in [-0.05, 0) is 54.6 Å². The average molecular weight is 743 g/mol. The smallest absolute Gasteiger partial charge is 0.305 e. The molecule has 2 saturated carbocycles. The van der Waals surface area contributed by atoms with E-state index in [4.69, 9.17) is 9.47 Å². The summed E-state index contributed by atoms with van der Waals surface area (Å²) in [5.41, 5.74) is 0.384. The highest BCUT2D eigenvalue weighted by atomic mass is 32.2. The Morgan fingerprint density at radius 3 is 1.58 bits per heavy atom. The molecule has 18 heteroatoms. The number of fused-ring (bicyclic) bond motifs is 4. The maximum atomic E-state index is 14.1. The first-order valence-corrected chi connectivity index (χ1v) is 19.6. The van der Waals surface area contributed by atoms with E-state index in [2.05, 4.69) is 24.8 Å². The molecule has 4 heterocycles. The Kier molecular flexibility index (Phi) is 8.74. The third kappa shape index (κ3) is 6.27. The van der Waals surface area contributed by atoms with Gasteiger partial charge >= 0.3 is 11.9 Å². The summed E-state index contributed by atoms with van der Waals surface area (Å²) in [7, 11) is -1.05. The van der Waals surface area contributed by atoms with Gasteiger partial charge in [-0.15, -0.1) is 0 Å². The van der Waals surface area contributed by atoms with Gasteiger partial charge in [-0.3, -0.25) is 9.59 Å². The second-order valence-corrected chi connectivity index (χ2v) is 16.7. The van der Waals surface area contributed by atoms with Gasteiger partial charge in [0.25, 0.3) is 11.8 Å². The first-order valence-electron chi connectivity index (χ1n) is 16.5. The minimum Gasteiger partial charge on any atom is -0.469 e. The fourth-order valence-corrected chi connectivity index (χ4v) is 9.22. The summed E-state index contributed by atoms with van der Waals surface area (Å²) in [6.07, 6.45) is 3.40. The summed E-state index contributed by atoms with van der Waals surface area (Å²) < 4.78 is 89.6. The summed E-state index contributed by atoms with van der Waals surface area (Å²) in [6, 6.07) is 0. The summed E-state index contributed by atoms with van der Waals surface area (Å²) in [4.78, 5) is 43.2. The molecule has 0 spiro atoms. The van der Waals surface area contributed by atoms with E-state index < -0.39 is 32.5 Å². The number of methoxy groups -OCH3 is 2. The lowest BCUT2D eigenvalue weighted by atomic mass is 10.1. The molecule has 2 aromatic rings. The van der Waals surface area contributed by atoms with Crippen LogP contribution in [0.25, 0.3) is 0 Å². The first kappa shape index (κ1) is 35.1. The number of aromatic nitrogens is 4. The second kappa shape index (κ2) is 12.4. The van der Waals surface area contributed by atoms with Crippen molar-refractivity contribution < 1.29 is 45.0 Å². The Balaban J connectivity index is 0.000000157. The van der Waals surface area contributed by atoms with Crippen LogP contribution in [0, 0.1) is 35.5 Å². The van der Waals surface area contributed by atoms with Crippen LogP contribution in [0.15, 0.2) is 10.3 Å². The number of carbonyl (C=O) groups is 2. The van der Waals surface area contributed by atoms with E-state index in [-0.39, 0.29) is 54.6 Å². The summed E-state index contributed by atoms with van der Waals surface area (Å²) in [5.74, 6) is -3.39. The predicted molar refractivity (Wildman–Crippen MR) is 172 cm³/mol. The Bertz CT molecular complexity index is 1830. The van der Waals surface area contributed by atoms with E-state index in [1.807, 2.05) is 4.90 Å². The van der Waals surface area contributed by atoms with Crippen molar-refractivity contribution in [2.24, 2.45) is 35.5 Å². The van der Waals surface area contributed by atoms with Crippen LogP contribution in [-0.2, 0) is 53.6 Å². The van der Waals surface area contributed by atoms with E-state index in [0.29, 0.717) is 78.0 Å². The molecule has 12 nitrogen and oxygen atoms in total. The third-order valence-corrected chi connectivity index (χ3v) is 12.5. The Labute approximate surface area is 291 Å². The van der Waals surface area contributed by atoms with Crippen LogP contribution in [0.3, 0.4) is 0 Å². The molecule has 0 aromatic carbocycles. The zero-order valence-corrected chi connectivity index (χ0v) is 29.6. The Morgan fingerprint density at radius 1 is 0.760 bits per heavy atom. The lowest BCUT2D eigenvalue weighted by Crippen LogP contribution is -2.28. The molecular formula is C32H38F4N6O6S2. The highest BCUT2D eigenvalue weighted by Gasteiger charge is 2.58. The third-order valence-electron chi connectivity index (χ3n) is 11.1. The Hall–Kier alpha value is -3.28. The van der Waals surface area contributed by atoms with Gasteiger partial charge in [0.15, 0.2) is 5.16 Å². The van der Waals surface area contributed by atoms with Crippen LogP contribution in [-0.4, -0.2) is 93.2 Å². The maximum absolute atomic E-state index is 14.1. The summed E-state index contributed by atoms with van der Waals surface area (Å²) >= 11 is 1.29. The lowest BCUT2D eigenvalue weighted by molar-refractivity contribution is -0.142. The minimum atomic E-state index is -3.80. The molecule has 272 valence electrons. The van der Waals surface area contributed by atoms with E-state index in [1.165, 1.54) is 26.0 Å². The summed E-state index contributed by atoms with van der Waals surface area (Å²) in [5, 5.41) is -0.156. The van der Waals surface area contributed by atoms with Crippen molar-refractivity contribution in [1.82, 2.24) is 19.9 Å². The number of sulfone groups is 1. The van der Waals surface area contributed by atoms with Crippen molar-refractivity contribution in [2.75, 3.05) is 62.7 Å². The number of hydrogen-bond donors (Lipinski definition) is 0. The van der Waals surface area contributed by atoms with Crippen molar-refractivity contribution >= 4 is 45.2 Å². The highest BCUT2D eigenvalue weighted by molar-refractivity contribution is 7.98. The first-order chi connectivity index (χ1) is 23.6. The molecule has 0 amide bonds. The van der Waals surface area contributed by atoms with Crippen LogP contribution in [0.4, 0.5) is 29.2 Å². The zero-order chi connectivity index (χ0) is 35.9. The number of carbonyl (C=O) groups excluding carboxylic acids is 2. The van der Waals surface area contributed by atoms with Crippen LogP contribution < -0.4 is 9.80 Å². The number of thioether (sulfide) groups is 1. The number of esters is 2. The molecule has 2 aliphatic heterocycles.